The van der Waals surface area contributed by atoms with Gasteiger partial charge in [-0.15, -0.1) is 0 Å². The summed E-state index contributed by atoms with van der Waals surface area (Å²) in [6.07, 6.45) is 1.25. The van der Waals surface area contributed by atoms with Crippen LogP contribution in [0.1, 0.15) is 6.42 Å². The summed E-state index contributed by atoms with van der Waals surface area (Å²) in [6, 6.07) is 1.90. The maximum absolute atomic E-state index is 11.8. The van der Waals surface area contributed by atoms with Gasteiger partial charge in [0, 0.05) is 31.3 Å². The Bertz CT molecular complexity index is 572. The molecule has 0 bridgehead atoms. The Morgan fingerprint density at radius 2 is 2.06 bits per heavy atom. The van der Waals surface area contributed by atoms with Gasteiger partial charge in [0.05, 0.1) is 4.90 Å². The molecule has 0 radical (unpaired) electrons. The molecule has 0 spiro atoms. The van der Waals surface area contributed by atoms with Crippen LogP contribution in [0.2, 0.25) is 0 Å². The van der Waals surface area contributed by atoms with E-state index in [-0.39, 0.29) is 29.3 Å². The lowest BCUT2D eigenvalue weighted by molar-refractivity contribution is -0.119. The van der Waals surface area contributed by atoms with Gasteiger partial charge in [-0.25, -0.2) is 13.1 Å². The third-order valence-electron chi connectivity index (χ3n) is 2.37. The van der Waals surface area contributed by atoms with Gasteiger partial charge < -0.3 is 10.3 Å². The van der Waals surface area contributed by atoms with E-state index < -0.39 is 16.1 Å². The first kappa shape index (κ1) is 11.8. The van der Waals surface area contributed by atoms with E-state index in [1.807, 2.05) is 0 Å². The highest BCUT2D eigenvalue weighted by atomic mass is 32.2. The third kappa shape index (κ3) is 2.71. The second-order valence-electron chi connectivity index (χ2n) is 3.72. The molecule has 17 heavy (non-hydrogen) atoms. The third-order valence-corrected chi connectivity index (χ3v) is 3.88. The Morgan fingerprint density at radius 3 is 2.59 bits per heavy atom. The zero-order valence-electron chi connectivity index (χ0n) is 8.76. The van der Waals surface area contributed by atoms with Crippen LogP contribution in [0.15, 0.2) is 28.0 Å². The fourth-order valence-corrected chi connectivity index (χ4v) is 2.74. The van der Waals surface area contributed by atoms with E-state index in [4.69, 9.17) is 0 Å². The lowest BCUT2D eigenvalue weighted by atomic mass is 10.3. The summed E-state index contributed by atoms with van der Waals surface area (Å²) >= 11 is 0. The molecule has 1 saturated heterocycles. The fourth-order valence-electron chi connectivity index (χ4n) is 1.54. The molecule has 2 rings (SSSR count). The van der Waals surface area contributed by atoms with Gasteiger partial charge in [0.1, 0.15) is 0 Å². The molecule has 1 aliphatic heterocycles. The summed E-state index contributed by atoms with van der Waals surface area (Å²) in [6.45, 7) is 0.279. The average molecular weight is 257 g/mol. The molecule has 1 aromatic heterocycles. The summed E-state index contributed by atoms with van der Waals surface area (Å²) < 4.78 is 26.1. The predicted molar refractivity (Wildman–Crippen MR) is 58.8 cm³/mol. The van der Waals surface area contributed by atoms with Gasteiger partial charge in [-0.05, 0) is 6.07 Å². The van der Waals surface area contributed by atoms with Gasteiger partial charge in [0.25, 0.3) is 0 Å². The van der Waals surface area contributed by atoms with Crippen molar-refractivity contribution in [1.29, 1.82) is 0 Å². The van der Waals surface area contributed by atoms with Crippen LogP contribution >= 0.6 is 0 Å². The molecule has 1 unspecified atom stereocenters. The topological polar surface area (TPSA) is 108 Å². The van der Waals surface area contributed by atoms with Crippen molar-refractivity contribution in [3.05, 3.63) is 28.7 Å². The van der Waals surface area contributed by atoms with E-state index in [1.54, 1.807) is 0 Å². The molecular formula is C9H11N3O4S. The molecule has 1 atom stereocenters. The Hall–Kier alpha value is -1.67. The molecular weight excluding hydrogens is 246 g/mol. The first-order valence-corrected chi connectivity index (χ1v) is 6.43. The van der Waals surface area contributed by atoms with Crippen LogP contribution < -0.4 is 15.6 Å². The molecule has 1 aromatic rings. The second kappa shape index (κ2) is 4.30. The Labute approximate surface area is 97.3 Å². The standard InChI is InChI=1S/C9H11N3O4S/c13-8-2-1-7(5-11-8)17(15,16)12-6-3-9(14)10-4-6/h1-2,5-6,12H,3-4H2,(H,10,14)(H,11,13). The van der Waals surface area contributed by atoms with E-state index in [9.17, 15) is 18.0 Å². The van der Waals surface area contributed by atoms with Crippen molar-refractivity contribution in [2.75, 3.05) is 6.54 Å². The molecule has 2 heterocycles. The van der Waals surface area contributed by atoms with Gasteiger partial charge in [-0.1, -0.05) is 0 Å². The van der Waals surface area contributed by atoms with Crippen molar-refractivity contribution in [1.82, 2.24) is 15.0 Å². The largest absolute Gasteiger partial charge is 0.354 e. The minimum atomic E-state index is -3.70. The lowest BCUT2D eigenvalue weighted by Crippen LogP contribution is -2.36. The van der Waals surface area contributed by atoms with Gasteiger partial charge in [-0.3, -0.25) is 9.59 Å². The van der Waals surface area contributed by atoms with E-state index in [1.165, 1.54) is 6.07 Å². The Balaban J connectivity index is 2.16. The van der Waals surface area contributed by atoms with Crippen molar-refractivity contribution >= 4 is 15.9 Å². The maximum atomic E-state index is 11.8. The van der Waals surface area contributed by atoms with Crippen LogP contribution in [-0.2, 0) is 14.8 Å². The van der Waals surface area contributed by atoms with E-state index in [0.29, 0.717) is 0 Å². The number of amides is 1. The molecule has 92 valence electrons. The first-order valence-electron chi connectivity index (χ1n) is 4.95. The normalized spacial score (nSPS) is 20.2. The number of pyridine rings is 1. The molecule has 8 heteroatoms. The lowest BCUT2D eigenvalue weighted by Gasteiger charge is -2.10. The van der Waals surface area contributed by atoms with Crippen molar-refractivity contribution in [2.45, 2.75) is 17.4 Å². The summed E-state index contributed by atoms with van der Waals surface area (Å²) in [4.78, 5) is 24.0. The van der Waals surface area contributed by atoms with Gasteiger partial charge in [0.15, 0.2) is 0 Å². The number of H-pyrrole nitrogens is 1. The first-order chi connectivity index (χ1) is 7.97. The number of aromatic nitrogens is 1. The fraction of sp³-hybridized carbons (Fsp3) is 0.333. The van der Waals surface area contributed by atoms with Crippen LogP contribution in [0.25, 0.3) is 0 Å². The number of hydrogen-bond acceptors (Lipinski definition) is 4. The van der Waals surface area contributed by atoms with Crippen molar-refractivity contribution < 1.29 is 13.2 Å². The van der Waals surface area contributed by atoms with Gasteiger partial charge in [0.2, 0.25) is 21.5 Å². The van der Waals surface area contributed by atoms with Crippen LogP contribution in [0.5, 0.6) is 0 Å². The summed E-state index contributed by atoms with van der Waals surface area (Å²) in [5.74, 6) is -0.181. The highest BCUT2D eigenvalue weighted by molar-refractivity contribution is 7.89. The number of rotatable bonds is 3. The van der Waals surface area contributed by atoms with Crippen LogP contribution in [0, 0.1) is 0 Å². The number of carbonyl (C=O) groups is 1. The van der Waals surface area contributed by atoms with Crippen LogP contribution in [0.3, 0.4) is 0 Å². The van der Waals surface area contributed by atoms with Crippen molar-refractivity contribution in [3.63, 3.8) is 0 Å². The molecule has 0 aromatic carbocycles. The van der Waals surface area contributed by atoms with Gasteiger partial charge in [-0.2, -0.15) is 0 Å². The highest BCUT2D eigenvalue weighted by Gasteiger charge is 2.26. The molecule has 0 aliphatic carbocycles. The molecule has 1 fully saturated rings. The van der Waals surface area contributed by atoms with Gasteiger partial charge >= 0.3 is 0 Å². The summed E-state index contributed by atoms with van der Waals surface area (Å²) in [5, 5.41) is 2.53. The zero-order valence-corrected chi connectivity index (χ0v) is 9.58. The Kier molecular flexibility index (Phi) is 2.99. The van der Waals surface area contributed by atoms with E-state index >= 15 is 0 Å². The number of carbonyl (C=O) groups excluding carboxylic acids is 1. The molecule has 7 nitrogen and oxygen atoms in total. The predicted octanol–water partition coefficient (Wildman–Crippen LogP) is -1.46. The van der Waals surface area contributed by atoms with Crippen LogP contribution in [0.4, 0.5) is 0 Å². The molecule has 1 aliphatic rings. The second-order valence-corrected chi connectivity index (χ2v) is 5.43. The average Bonchev–Trinajstić information content (AvgIpc) is 2.63. The van der Waals surface area contributed by atoms with E-state index in [0.717, 1.165) is 12.3 Å². The smallest absolute Gasteiger partial charge is 0.247 e. The SMILES string of the molecule is O=C1CC(NS(=O)(=O)c2ccc(=O)[nH]c2)CN1. The monoisotopic (exact) mass is 257 g/mol. The number of hydrogen-bond donors (Lipinski definition) is 3. The maximum Gasteiger partial charge on any atom is 0.247 e. The van der Waals surface area contributed by atoms with Crippen molar-refractivity contribution in [3.8, 4) is 0 Å². The number of sulfonamides is 1. The quantitative estimate of drug-likeness (QED) is 0.615. The van der Waals surface area contributed by atoms with Crippen LogP contribution in [-0.4, -0.2) is 31.9 Å². The number of aromatic amines is 1. The number of nitrogens with one attached hydrogen (secondary N) is 3. The zero-order chi connectivity index (χ0) is 12.5. The molecule has 3 N–H and O–H groups in total. The highest BCUT2D eigenvalue weighted by Crippen LogP contribution is 2.08. The van der Waals surface area contributed by atoms with Crippen molar-refractivity contribution in [2.24, 2.45) is 0 Å². The minimum absolute atomic E-state index is 0.0311. The summed E-state index contributed by atoms with van der Waals surface area (Å²) in [5.41, 5.74) is -0.373. The Morgan fingerprint density at radius 1 is 1.29 bits per heavy atom. The van der Waals surface area contributed by atoms with E-state index in [2.05, 4.69) is 15.0 Å². The molecule has 1 amide bonds. The molecule has 0 saturated carbocycles. The summed E-state index contributed by atoms with van der Waals surface area (Å²) in [7, 11) is -3.70. The minimum Gasteiger partial charge on any atom is -0.354 e.